The van der Waals surface area contributed by atoms with Gasteiger partial charge < -0.3 is 173 Å². The zero-order valence-corrected chi connectivity index (χ0v) is 79.1. The molecule has 55 nitrogen and oxygen atoms in total. The summed E-state index contributed by atoms with van der Waals surface area (Å²) in [7, 11) is 0. The molecule has 0 saturated heterocycles. The van der Waals surface area contributed by atoms with Crippen LogP contribution in [-0.2, 0) is 109 Å². The fourth-order valence-corrected chi connectivity index (χ4v) is 12.7. The Hall–Kier alpha value is -14.8. The summed E-state index contributed by atoms with van der Waals surface area (Å²) in [6.45, 7) is 0.952. The Labute approximate surface area is 815 Å². The van der Waals surface area contributed by atoms with E-state index in [1.165, 1.54) is 13.8 Å². The van der Waals surface area contributed by atoms with Crippen molar-refractivity contribution in [1.82, 2.24) is 106 Å². The maximum Gasteiger partial charge on any atom is 0.490 e. The van der Waals surface area contributed by atoms with Crippen molar-refractivity contribution >= 4 is 136 Å². The third-order valence-electron chi connectivity index (χ3n) is 20.3. The summed E-state index contributed by atoms with van der Waals surface area (Å²) in [5, 5.41) is 101. The number of nitrogens with two attached hydrogens (primary N) is 9. The number of carbonyl (C=O) groups excluding carboxylic acids is 19. The van der Waals surface area contributed by atoms with E-state index in [4.69, 9.17) is 77.7 Å². The zero-order chi connectivity index (χ0) is 107. The first kappa shape index (κ1) is 125. The number of aliphatic hydroxyl groups is 2. The number of carbonyl (C=O) groups is 20. The highest BCUT2D eigenvalue weighted by atomic mass is 19.4. The van der Waals surface area contributed by atoms with Crippen molar-refractivity contribution in [3.05, 3.63) is 71.8 Å². The average molecular weight is 2020 g/mol. The van der Waals surface area contributed by atoms with Gasteiger partial charge in [-0.25, -0.2) is 4.79 Å². The van der Waals surface area contributed by atoms with E-state index in [1.807, 2.05) is 30.3 Å². The Bertz CT molecular complexity index is 4500. The SMILES string of the molecule is C[C@H](NC(=O)CNC(=O)[C@@H](NC(=O)[C@H](Cc1ccccc1)NC(=O)CNC(=O)CNC(=O)CNCc1ccccc1)[C@@H](C)O)C(=O)N[C@@H](CCCNC(=N)N)C(=O)N[C@@H](CCCCN)C(=O)N[C@@H](CO)C(=O)N[C@@H](C)C(=O)N[C@@H](CCCNC(=N)N)C(=O)N[C@@H](CCCCN)C(=O)N[C@@H](CCCNC(=N)N)C(=O)N[C@@H](CCCCN)C(=O)N[C@@H](CC(N)=O)C(=O)N[C@@H](CCC(N)=O)C(N)=O.O=C(O)C(F)(F)F. The van der Waals surface area contributed by atoms with Crippen LogP contribution in [0.15, 0.2) is 60.7 Å². The number of amides is 19. The largest absolute Gasteiger partial charge is 0.490 e. The van der Waals surface area contributed by atoms with E-state index in [1.54, 1.807) is 30.3 Å². The van der Waals surface area contributed by atoms with Gasteiger partial charge in [-0.15, -0.1) is 0 Å². The van der Waals surface area contributed by atoms with Crippen LogP contribution in [0.1, 0.15) is 147 Å². The van der Waals surface area contributed by atoms with Crippen LogP contribution in [0.4, 0.5) is 13.2 Å². The van der Waals surface area contributed by atoms with Gasteiger partial charge in [0, 0.05) is 39.0 Å². The quantitative estimate of drug-likeness (QED) is 0.0166. The lowest BCUT2D eigenvalue weighted by Crippen LogP contribution is -2.61. The average Bonchev–Trinajstić information content (AvgIpc) is 0.863. The monoisotopic (exact) mass is 2020 g/mol. The van der Waals surface area contributed by atoms with Crippen LogP contribution in [0.5, 0.6) is 0 Å². The second-order valence-electron chi connectivity index (χ2n) is 32.3. The molecule has 0 heterocycles. The number of alkyl halides is 3. The molecule has 2 rings (SSSR count). The molecule has 0 aromatic heterocycles. The molecule has 14 atom stereocenters. The third-order valence-corrected chi connectivity index (χ3v) is 20.3. The maximum atomic E-state index is 14.6. The number of primary amides is 3. The number of aliphatic carboxylic acids is 1. The number of guanidine groups is 3. The van der Waals surface area contributed by atoms with Crippen LogP contribution in [0.3, 0.4) is 0 Å². The molecule has 142 heavy (non-hydrogen) atoms. The summed E-state index contributed by atoms with van der Waals surface area (Å²) in [6.07, 6.45) is -8.16. The summed E-state index contributed by atoms with van der Waals surface area (Å²) < 4.78 is 31.7. The Morgan fingerprint density at radius 1 is 0.345 bits per heavy atom. The van der Waals surface area contributed by atoms with Crippen molar-refractivity contribution in [1.29, 1.82) is 16.2 Å². The van der Waals surface area contributed by atoms with E-state index in [2.05, 4.69) is 106 Å². The molecule has 0 bridgehead atoms. The molecule has 2 aromatic carbocycles. The van der Waals surface area contributed by atoms with Gasteiger partial charge >= 0.3 is 12.1 Å². The van der Waals surface area contributed by atoms with Gasteiger partial charge in [-0.3, -0.25) is 107 Å². The molecule has 0 aliphatic rings. The topological polar surface area (TPSA) is 948 Å². The van der Waals surface area contributed by atoms with E-state index in [0.29, 0.717) is 31.4 Å². The van der Waals surface area contributed by atoms with Crippen molar-refractivity contribution in [3.63, 3.8) is 0 Å². The van der Waals surface area contributed by atoms with E-state index in [-0.39, 0.29) is 136 Å². The van der Waals surface area contributed by atoms with Gasteiger partial charge in [0.25, 0.3) is 0 Å². The number of rotatable bonds is 69. The van der Waals surface area contributed by atoms with Gasteiger partial charge in [0.05, 0.1) is 45.3 Å². The second-order valence-corrected chi connectivity index (χ2v) is 32.3. The number of unbranched alkanes of at least 4 members (excludes halogenated alkanes) is 3. The summed E-state index contributed by atoms with van der Waals surface area (Å²) in [5.41, 5.74) is 51.4. The first-order chi connectivity index (χ1) is 67.0. The highest BCUT2D eigenvalue weighted by Crippen LogP contribution is 2.15. The van der Waals surface area contributed by atoms with Gasteiger partial charge in [0.1, 0.15) is 78.5 Å². The van der Waals surface area contributed by atoms with Crippen LogP contribution in [0.2, 0.25) is 0 Å². The van der Waals surface area contributed by atoms with Crippen LogP contribution in [-0.4, -0.2) is 314 Å². The van der Waals surface area contributed by atoms with Gasteiger partial charge in [-0.2, -0.15) is 13.2 Å². The number of hydrogen-bond acceptors (Lipinski definition) is 29. The molecular formula is C84H139F3N32O23. The molecule has 2 aromatic rings. The molecule has 0 aliphatic heterocycles. The van der Waals surface area contributed by atoms with Crippen LogP contribution < -0.4 is 158 Å². The number of aliphatic hydroxyl groups excluding tert-OH is 2. The van der Waals surface area contributed by atoms with Gasteiger partial charge in [-0.1, -0.05) is 60.7 Å². The number of carboxylic acids is 1. The Kier molecular flexibility index (Phi) is 60.9. The number of nitrogens with one attached hydrogen (secondary N) is 23. The van der Waals surface area contributed by atoms with Crippen LogP contribution >= 0.6 is 0 Å². The Morgan fingerprint density at radius 2 is 0.669 bits per heavy atom. The third kappa shape index (κ3) is 55.1. The maximum absolute atomic E-state index is 14.6. The lowest BCUT2D eigenvalue weighted by atomic mass is 10.0. The van der Waals surface area contributed by atoms with Crippen molar-refractivity contribution in [2.75, 3.05) is 72.1 Å². The summed E-state index contributed by atoms with van der Waals surface area (Å²) in [6, 6.07) is -3.15. The first-order valence-electron chi connectivity index (χ1n) is 45.3. The van der Waals surface area contributed by atoms with Crippen LogP contribution in [0.25, 0.3) is 0 Å². The smallest absolute Gasteiger partial charge is 0.475 e. The molecular weight excluding hydrogens is 1880 g/mol. The molecule has 0 aliphatic carbocycles. The normalized spacial score (nSPS) is 13.8. The number of hydrogen-bond donors (Lipinski definition) is 35. The molecule has 44 N–H and O–H groups in total. The fraction of sp³-hybridized carbons (Fsp3) is 0.583. The van der Waals surface area contributed by atoms with Gasteiger partial charge in [0.2, 0.25) is 112 Å². The first-order valence-corrected chi connectivity index (χ1v) is 45.3. The summed E-state index contributed by atoms with van der Waals surface area (Å²) in [4.78, 5) is 266. The molecule has 0 fully saturated rings. The summed E-state index contributed by atoms with van der Waals surface area (Å²) in [5.74, 6) is -22.8. The highest BCUT2D eigenvalue weighted by Gasteiger charge is 2.40. The lowest BCUT2D eigenvalue weighted by molar-refractivity contribution is -0.192. The highest BCUT2D eigenvalue weighted by molar-refractivity contribution is 6.01. The van der Waals surface area contributed by atoms with Crippen molar-refractivity contribution in [2.24, 2.45) is 51.6 Å². The second kappa shape index (κ2) is 69.1. The van der Waals surface area contributed by atoms with Crippen LogP contribution in [0, 0.1) is 16.2 Å². The molecule has 58 heteroatoms. The minimum atomic E-state index is -5.08. The van der Waals surface area contributed by atoms with Gasteiger partial charge in [0.15, 0.2) is 17.9 Å². The molecule has 794 valence electrons. The minimum absolute atomic E-state index is 0.00457. The molecule has 0 saturated carbocycles. The van der Waals surface area contributed by atoms with E-state index in [0.717, 1.165) is 12.5 Å². The van der Waals surface area contributed by atoms with E-state index in [9.17, 15) is 114 Å². The lowest BCUT2D eigenvalue weighted by Gasteiger charge is -2.28. The Morgan fingerprint density at radius 3 is 1.04 bits per heavy atom. The zero-order valence-electron chi connectivity index (χ0n) is 79.1. The predicted octanol–water partition coefficient (Wildman–Crippen LogP) is -12.5. The minimum Gasteiger partial charge on any atom is -0.475 e. The molecule has 0 spiro atoms. The molecule has 0 unspecified atom stereocenters. The number of halogens is 3. The standard InChI is InChI=1S/C82H138N32O21.C2HF3O2/c1-45(102-64(121)43-101-79(135)66(47(3)116)114-77(133)57(37-48-19-6-4-7-20-48)104-65(122)42-100-63(120)41-99-62(119)40-95-39-49-21-8-5-9-22-49)68(124)106-54(26-16-34-96-80(89)90)71(127)110-53(25-12-15-33-85)75(131)113-59(44-115)78(134)103-46(2)69(125)107-55(27-17-35-97-81(91)92)72(128)108-51(23-10-13-31-83)70(126)111-56(28-18-36-98-82(93)94)73(129)109-52(24-11-14-32-84)74(130)112-58(38-61(87)118)76(132)105-50(67(88)123)29-30-60(86)117;3-2(4,5)1(6)7/h4-9,19-22,45-47,50-59,66,95,115-116H,10-18,23-44,83-85H2,1-3H3,(H2,86,117)(H2,87,118)(H2,88,123)(H,99,119)(H,100,120)(H,101,135)(H,102,121)(H,103,134)(H,104,122)(H,105,132)(H,106,124)(H,107,125)(H,108,128)(H,109,129)(H,110,127)(H,111,126)(H,112,130)(H,113,131)(H,114,133)(H4,89,90,96)(H4,91,92,97)(H4,93,94,98);(H,6,7)/t45-,46-,47+,50-,51-,52-,53-,54-,55-,56-,57-,58-,59-,66-;/m0./s1. The fourth-order valence-electron chi connectivity index (χ4n) is 12.7. The molecule has 19 amide bonds. The van der Waals surface area contributed by atoms with E-state index >= 15 is 0 Å². The van der Waals surface area contributed by atoms with Crippen molar-refractivity contribution < 1.29 is 124 Å². The predicted molar refractivity (Wildman–Crippen MR) is 504 cm³/mol. The van der Waals surface area contributed by atoms with Crippen molar-refractivity contribution in [2.45, 2.75) is 240 Å². The Balaban J connectivity index is 0.0000138. The number of benzene rings is 2. The van der Waals surface area contributed by atoms with E-state index < -0.39 is 266 Å². The van der Waals surface area contributed by atoms with Gasteiger partial charge in [-0.05, 0) is 154 Å². The molecule has 0 radical (unpaired) electrons. The summed E-state index contributed by atoms with van der Waals surface area (Å²) >= 11 is 0. The van der Waals surface area contributed by atoms with Crippen molar-refractivity contribution in [3.8, 4) is 0 Å². The number of carboxylic acid groups (broad SMARTS) is 1.